The number of benzene rings is 1. The average Bonchev–Trinajstić information content (AvgIpc) is 3.47. The maximum Gasteiger partial charge on any atom is 0.339 e. The number of carbonyl (C=O) groups excluding carboxylic acids is 3. The number of hydrogen-bond donors (Lipinski definition) is 2. The van der Waals surface area contributed by atoms with Gasteiger partial charge in [-0.3, -0.25) is 9.59 Å². The van der Waals surface area contributed by atoms with Crippen molar-refractivity contribution in [2.75, 3.05) is 38.7 Å². The topological polar surface area (TPSA) is 103 Å². The summed E-state index contributed by atoms with van der Waals surface area (Å²) >= 11 is 1.26. The highest BCUT2D eigenvalue weighted by Gasteiger charge is 2.19. The van der Waals surface area contributed by atoms with E-state index in [0.29, 0.717) is 23.5 Å². The molecule has 0 aromatic heterocycles. The number of thioether (sulfide) groups is 1. The van der Waals surface area contributed by atoms with Gasteiger partial charge in [0.15, 0.2) is 6.61 Å². The third-order valence-electron chi connectivity index (χ3n) is 4.90. The highest BCUT2D eigenvalue weighted by atomic mass is 32.2. The Morgan fingerprint density at radius 3 is 2.23 bits per heavy atom. The van der Waals surface area contributed by atoms with E-state index in [2.05, 4.69) is 10.6 Å². The number of amides is 2. The summed E-state index contributed by atoms with van der Waals surface area (Å²) in [5.74, 6) is -0.895. The fourth-order valence-electron chi connectivity index (χ4n) is 3.28. The van der Waals surface area contributed by atoms with Crippen LogP contribution < -0.4 is 10.6 Å². The molecule has 2 aliphatic rings. The van der Waals surface area contributed by atoms with Gasteiger partial charge in [-0.1, -0.05) is 12.1 Å². The minimum Gasteiger partial charge on any atom is -0.452 e. The summed E-state index contributed by atoms with van der Waals surface area (Å²) in [7, 11) is 0. The molecule has 0 aliphatic carbocycles. The van der Waals surface area contributed by atoms with E-state index < -0.39 is 5.97 Å². The van der Waals surface area contributed by atoms with Gasteiger partial charge in [-0.25, -0.2) is 4.79 Å². The molecule has 8 nitrogen and oxygen atoms in total. The molecular formula is C21H28N2O6S. The Balaban J connectivity index is 1.40. The van der Waals surface area contributed by atoms with Crippen molar-refractivity contribution in [1.82, 2.24) is 10.6 Å². The molecule has 2 heterocycles. The van der Waals surface area contributed by atoms with Gasteiger partial charge in [0.25, 0.3) is 5.91 Å². The van der Waals surface area contributed by atoms with Crippen molar-refractivity contribution < 1.29 is 28.6 Å². The largest absolute Gasteiger partial charge is 0.452 e. The van der Waals surface area contributed by atoms with Crippen molar-refractivity contribution in [3.8, 4) is 0 Å². The van der Waals surface area contributed by atoms with Gasteiger partial charge >= 0.3 is 5.97 Å². The molecule has 164 valence electrons. The predicted molar refractivity (Wildman–Crippen MR) is 111 cm³/mol. The Labute approximate surface area is 180 Å². The van der Waals surface area contributed by atoms with Crippen molar-refractivity contribution in [3.05, 3.63) is 29.8 Å². The molecule has 2 saturated heterocycles. The van der Waals surface area contributed by atoms with E-state index >= 15 is 0 Å². The second kappa shape index (κ2) is 11.9. The summed E-state index contributed by atoms with van der Waals surface area (Å²) in [5.41, 5.74) is 0.335. The molecule has 2 atom stereocenters. The van der Waals surface area contributed by atoms with Crippen LogP contribution in [0.5, 0.6) is 0 Å². The fourth-order valence-corrected chi connectivity index (χ4v) is 4.15. The predicted octanol–water partition coefficient (Wildman–Crippen LogP) is 1.53. The van der Waals surface area contributed by atoms with E-state index in [1.165, 1.54) is 11.8 Å². The van der Waals surface area contributed by atoms with Gasteiger partial charge in [-0.15, -0.1) is 11.8 Å². The minimum absolute atomic E-state index is 0.0353. The zero-order chi connectivity index (χ0) is 21.2. The van der Waals surface area contributed by atoms with Crippen LogP contribution in [0.3, 0.4) is 0 Å². The summed E-state index contributed by atoms with van der Waals surface area (Å²) in [5, 5.41) is 5.57. The monoisotopic (exact) mass is 436 g/mol. The van der Waals surface area contributed by atoms with Gasteiger partial charge in [0.05, 0.1) is 23.5 Å². The van der Waals surface area contributed by atoms with Crippen LogP contribution in [0.25, 0.3) is 0 Å². The van der Waals surface area contributed by atoms with Crippen LogP contribution >= 0.6 is 11.8 Å². The lowest BCUT2D eigenvalue weighted by Gasteiger charge is -2.12. The first kappa shape index (κ1) is 22.6. The smallest absolute Gasteiger partial charge is 0.339 e. The van der Waals surface area contributed by atoms with Crippen LogP contribution in [-0.2, 0) is 23.8 Å². The number of nitrogens with one attached hydrogen (secondary N) is 2. The van der Waals surface area contributed by atoms with Gasteiger partial charge in [0.2, 0.25) is 5.91 Å². The molecule has 0 spiro atoms. The van der Waals surface area contributed by atoms with Gasteiger partial charge in [-0.2, -0.15) is 0 Å². The molecule has 9 heteroatoms. The second-order valence-corrected chi connectivity index (χ2v) is 8.26. The second-order valence-electron chi connectivity index (χ2n) is 7.24. The van der Waals surface area contributed by atoms with Crippen LogP contribution in [0.2, 0.25) is 0 Å². The summed E-state index contributed by atoms with van der Waals surface area (Å²) in [6, 6.07) is 6.89. The number of ether oxygens (including phenoxy) is 3. The van der Waals surface area contributed by atoms with E-state index in [-0.39, 0.29) is 36.4 Å². The van der Waals surface area contributed by atoms with Crippen molar-refractivity contribution in [2.24, 2.45) is 0 Å². The lowest BCUT2D eigenvalue weighted by Crippen LogP contribution is -2.34. The number of carbonyl (C=O) groups is 3. The summed E-state index contributed by atoms with van der Waals surface area (Å²) in [6.07, 6.45) is 4.03. The van der Waals surface area contributed by atoms with Crippen LogP contribution in [-0.4, -0.2) is 68.7 Å². The van der Waals surface area contributed by atoms with Crippen molar-refractivity contribution in [2.45, 2.75) is 42.8 Å². The summed E-state index contributed by atoms with van der Waals surface area (Å²) in [6.45, 7) is 2.04. The molecule has 0 radical (unpaired) electrons. The molecule has 2 amide bonds. The Morgan fingerprint density at radius 2 is 1.60 bits per heavy atom. The molecule has 1 aromatic carbocycles. The van der Waals surface area contributed by atoms with Crippen molar-refractivity contribution in [1.29, 1.82) is 0 Å². The van der Waals surface area contributed by atoms with Crippen molar-refractivity contribution in [3.63, 3.8) is 0 Å². The van der Waals surface area contributed by atoms with E-state index in [4.69, 9.17) is 14.2 Å². The van der Waals surface area contributed by atoms with Gasteiger partial charge in [0.1, 0.15) is 0 Å². The normalized spacial score (nSPS) is 20.7. The van der Waals surface area contributed by atoms with Crippen molar-refractivity contribution >= 4 is 29.5 Å². The van der Waals surface area contributed by atoms with E-state index in [1.807, 2.05) is 0 Å². The highest BCUT2D eigenvalue weighted by molar-refractivity contribution is 8.00. The molecule has 30 heavy (non-hydrogen) atoms. The first-order chi connectivity index (χ1) is 14.6. The van der Waals surface area contributed by atoms with Crippen LogP contribution in [0, 0.1) is 0 Å². The maximum atomic E-state index is 12.4. The molecule has 2 unspecified atom stereocenters. The Bertz CT molecular complexity index is 732. The van der Waals surface area contributed by atoms with Gasteiger partial charge in [0, 0.05) is 31.2 Å². The molecular weight excluding hydrogens is 408 g/mol. The lowest BCUT2D eigenvalue weighted by molar-refractivity contribution is -0.124. The Morgan fingerprint density at radius 1 is 0.967 bits per heavy atom. The molecule has 2 aliphatic heterocycles. The SMILES string of the molecule is O=C(COC(=O)c1ccccc1SCC(=O)NCC1CCCO1)NCC1CCCO1. The van der Waals surface area contributed by atoms with E-state index in [9.17, 15) is 14.4 Å². The van der Waals surface area contributed by atoms with Crippen LogP contribution in [0.1, 0.15) is 36.0 Å². The summed E-state index contributed by atoms with van der Waals surface area (Å²) in [4.78, 5) is 37.0. The van der Waals surface area contributed by atoms with Crippen LogP contribution in [0.15, 0.2) is 29.2 Å². The number of esters is 1. The van der Waals surface area contributed by atoms with E-state index in [0.717, 1.165) is 38.9 Å². The van der Waals surface area contributed by atoms with E-state index in [1.54, 1.807) is 24.3 Å². The Kier molecular flexibility index (Phi) is 8.98. The first-order valence-corrected chi connectivity index (χ1v) is 11.3. The van der Waals surface area contributed by atoms with Gasteiger partial charge in [-0.05, 0) is 37.8 Å². The minimum atomic E-state index is -0.592. The quantitative estimate of drug-likeness (QED) is 0.423. The van der Waals surface area contributed by atoms with Gasteiger partial charge < -0.3 is 24.8 Å². The fraction of sp³-hybridized carbons (Fsp3) is 0.571. The third-order valence-corrected chi connectivity index (χ3v) is 5.98. The van der Waals surface area contributed by atoms with Crippen LogP contribution in [0.4, 0.5) is 0 Å². The molecule has 2 fully saturated rings. The summed E-state index contributed by atoms with van der Waals surface area (Å²) < 4.78 is 16.1. The zero-order valence-corrected chi connectivity index (χ0v) is 17.7. The number of rotatable bonds is 10. The first-order valence-electron chi connectivity index (χ1n) is 10.3. The molecule has 0 bridgehead atoms. The third kappa shape index (κ3) is 7.30. The zero-order valence-electron chi connectivity index (χ0n) is 16.9. The lowest BCUT2D eigenvalue weighted by atomic mass is 10.2. The molecule has 2 N–H and O–H groups in total. The standard InChI is InChI=1S/C21H28N2O6S/c24-19(22-11-15-5-3-9-27-15)13-29-21(26)17-7-1-2-8-18(17)30-14-20(25)23-12-16-6-4-10-28-16/h1-2,7-8,15-16H,3-6,9-14H2,(H,22,24)(H,23,25). The molecule has 3 rings (SSSR count). The Hall–Kier alpha value is -2.10. The highest BCUT2D eigenvalue weighted by Crippen LogP contribution is 2.23. The average molecular weight is 437 g/mol. The maximum absolute atomic E-state index is 12.4. The number of hydrogen-bond acceptors (Lipinski definition) is 7. The molecule has 0 saturated carbocycles. The molecule has 1 aromatic rings.